The third-order valence-electron chi connectivity index (χ3n) is 3.57. The monoisotopic (exact) mass is 282 g/mol. The van der Waals surface area contributed by atoms with E-state index in [0.29, 0.717) is 24.0 Å². The van der Waals surface area contributed by atoms with Crippen LogP contribution >= 0.6 is 0 Å². The van der Waals surface area contributed by atoms with Crippen molar-refractivity contribution in [3.8, 4) is 0 Å². The van der Waals surface area contributed by atoms with Crippen LogP contribution in [-0.4, -0.2) is 38.4 Å². The van der Waals surface area contributed by atoms with E-state index >= 15 is 0 Å². The van der Waals surface area contributed by atoms with E-state index in [1.165, 1.54) is 0 Å². The minimum atomic E-state index is -3.32. The fourth-order valence-corrected chi connectivity index (χ4v) is 4.09. The van der Waals surface area contributed by atoms with Crippen LogP contribution in [0, 0.1) is 6.92 Å². The number of hydrogen-bond donors (Lipinski definition) is 1. The van der Waals surface area contributed by atoms with Crippen molar-refractivity contribution in [3.05, 3.63) is 29.8 Å². The first kappa shape index (κ1) is 14.5. The minimum Gasteiger partial charge on any atom is -0.314 e. The van der Waals surface area contributed by atoms with Crippen molar-refractivity contribution in [2.75, 3.05) is 19.6 Å². The van der Waals surface area contributed by atoms with Gasteiger partial charge < -0.3 is 5.32 Å². The van der Waals surface area contributed by atoms with Crippen molar-refractivity contribution in [2.45, 2.75) is 37.6 Å². The predicted octanol–water partition coefficient (Wildman–Crippen LogP) is 1.76. The van der Waals surface area contributed by atoms with Crippen LogP contribution in [0.4, 0.5) is 0 Å². The molecule has 0 bridgehead atoms. The largest absolute Gasteiger partial charge is 0.314 e. The van der Waals surface area contributed by atoms with Gasteiger partial charge in [0.25, 0.3) is 0 Å². The lowest BCUT2D eigenvalue weighted by atomic mass is 10.1. The van der Waals surface area contributed by atoms with Gasteiger partial charge in [-0.1, -0.05) is 19.1 Å². The summed E-state index contributed by atoms with van der Waals surface area (Å²) >= 11 is 0. The maximum Gasteiger partial charge on any atom is 0.243 e. The molecule has 1 saturated heterocycles. The Morgan fingerprint density at radius 2 is 2.00 bits per heavy atom. The summed E-state index contributed by atoms with van der Waals surface area (Å²) in [4.78, 5) is 0.411. The number of nitrogens with zero attached hydrogens (tertiary/aromatic N) is 1. The van der Waals surface area contributed by atoms with Crippen LogP contribution in [-0.2, 0) is 10.0 Å². The van der Waals surface area contributed by atoms with Gasteiger partial charge in [-0.25, -0.2) is 8.42 Å². The summed E-state index contributed by atoms with van der Waals surface area (Å²) in [5.74, 6) is 0. The van der Waals surface area contributed by atoms with Crippen molar-refractivity contribution in [3.63, 3.8) is 0 Å². The molecular formula is C14H22N2O2S. The molecule has 19 heavy (non-hydrogen) atoms. The molecule has 2 rings (SSSR count). The van der Waals surface area contributed by atoms with Gasteiger partial charge in [0.1, 0.15) is 0 Å². The molecular weight excluding hydrogens is 260 g/mol. The fraction of sp³-hybridized carbons (Fsp3) is 0.571. The number of piperidine rings is 1. The molecule has 1 aromatic rings. The van der Waals surface area contributed by atoms with Crippen LogP contribution < -0.4 is 5.32 Å². The van der Waals surface area contributed by atoms with E-state index in [4.69, 9.17) is 0 Å². The van der Waals surface area contributed by atoms with Gasteiger partial charge in [-0.15, -0.1) is 0 Å². The maximum atomic E-state index is 12.5. The molecule has 1 N–H and O–H groups in total. The number of rotatable bonds is 4. The van der Waals surface area contributed by atoms with Crippen LogP contribution in [0.15, 0.2) is 29.2 Å². The van der Waals surface area contributed by atoms with E-state index < -0.39 is 10.0 Å². The molecule has 0 unspecified atom stereocenters. The number of hydrogen-bond acceptors (Lipinski definition) is 3. The zero-order chi connectivity index (χ0) is 13.9. The van der Waals surface area contributed by atoms with Gasteiger partial charge in [-0.2, -0.15) is 4.31 Å². The highest BCUT2D eigenvalue weighted by Crippen LogP contribution is 2.21. The molecule has 1 aliphatic rings. The first-order valence-corrected chi connectivity index (χ1v) is 8.28. The van der Waals surface area contributed by atoms with Gasteiger partial charge >= 0.3 is 0 Å². The quantitative estimate of drug-likeness (QED) is 0.915. The second kappa shape index (κ2) is 6.03. The molecule has 0 saturated carbocycles. The highest BCUT2D eigenvalue weighted by Gasteiger charge is 2.28. The van der Waals surface area contributed by atoms with Gasteiger partial charge in [0.2, 0.25) is 10.0 Å². The lowest BCUT2D eigenvalue weighted by Crippen LogP contribution is -2.44. The van der Waals surface area contributed by atoms with Crippen LogP contribution in [0.3, 0.4) is 0 Å². The Labute approximate surface area is 115 Å². The Morgan fingerprint density at radius 1 is 1.32 bits per heavy atom. The fourth-order valence-electron chi connectivity index (χ4n) is 2.51. The SMILES string of the molecule is CCNC1CCN(S(=O)(=O)c2cccc(C)c2)CC1. The van der Waals surface area contributed by atoms with Crippen LogP contribution in [0.5, 0.6) is 0 Å². The van der Waals surface area contributed by atoms with Gasteiger partial charge in [-0.3, -0.25) is 0 Å². The number of benzene rings is 1. The summed E-state index contributed by atoms with van der Waals surface area (Å²) in [5.41, 5.74) is 0.976. The highest BCUT2D eigenvalue weighted by molar-refractivity contribution is 7.89. The van der Waals surface area contributed by atoms with Crippen molar-refractivity contribution in [1.29, 1.82) is 0 Å². The van der Waals surface area contributed by atoms with Crippen LogP contribution in [0.2, 0.25) is 0 Å². The summed E-state index contributed by atoms with van der Waals surface area (Å²) in [6.07, 6.45) is 1.78. The number of aryl methyl sites for hydroxylation is 1. The van der Waals surface area contributed by atoms with Crippen molar-refractivity contribution >= 4 is 10.0 Å². The average Bonchev–Trinajstić information content (AvgIpc) is 2.40. The summed E-state index contributed by atoms with van der Waals surface area (Å²) < 4.78 is 26.6. The average molecular weight is 282 g/mol. The zero-order valence-corrected chi connectivity index (χ0v) is 12.4. The van der Waals surface area contributed by atoms with E-state index in [9.17, 15) is 8.42 Å². The summed E-state index contributed by atoms with van der Waals surface area (Å²) in [6.45, 7) is 6.14. The predicted molar refractivity (Wildman–Crippen MR) is 76.6 cm³/mol. The Hall–Kier alpha value is -0.910. The van der Waals surface area contributed by atoms with E-state index in [-0.39, 0.29) is 0 Å². The summed E-state index contributed by atoms with van der Waals surface area (Å²) in [6, 6.07) is 7.59. The third kappa shape index (κ3) is 3.35. The molecule has 1 aromatic carbocycles. The maximum absolute atomic E-state index is 12.5. The van der Waals surface area contributed by atoms with Crippen LogP contribution in [0.25, 0.3) is 0 Å². The molecule has 0 amide bonds. The molecule has 0 radical (unpaired) electrons. The van der Waals surface area contributed by atoms with Gasteiger partial charge in [0.05, 0.1) is 4.90 Å². The standard InChI is InChI=1S/C14H22N2O2S/c1-3-15-13-7-9-16(10-8-13)19(17,18)14-6-4-5-12(2)11-14/h4-6,11,13,15H,3,7-10H2,1-2H3. The van der Waals surface area contributed by atoms with E-state index in [1.807, 2.05) is 13.0 Å². The Kier molecular flexibility index (Phi) is 4.60. The zero-order valence-electron chi connectivity index (χ0n) is 11.6. The second-order valence-electron chi connectivity index (χ2n) is 5.05. The summed E-state index contributed by atoms with van der Waals surface area (Å²) in [7, 11) is -3.32. The molecule has 0 aromatic heterocycles. The van der Waals surface area contributed by atoms with Gasteiger partial charge in [0, 0.05) is 19.1 Å². The molecule has 1 heterocycles. The van der Waals surface area contributed by atoms with Crippen LogP contribution in [0.1, 0.15) is 25.3 Å². The lowest BCUT2D eigenvalue weighted by Gasteiger charge is -2.31. The molecule has 0 atom stereocenters. The molecule has 106 valence electrons. The smallest absolute Gasteiger partial charge is 0.243 e. The Balaban J connectivity index is 2.10. The topological polar surface area (TPSA) is 49.4 Å². The first-order chi connectivity index (χ1) is 9.04. The normalized spacial score (nSPS) is 18.6. The van der Waals surface area contributed by atoms with Crippen molar-refractivity contribution < 1.29 is 8.42 Å². The molecule has 5 heteroatoms. The third-order valence-corrected chi connectivity index (χ3v) is 5.47. The van der Waals surface area contributed by atoms with Crippen molar-refractivity contribution in [2.24, 2.45) is 0 Å². The molecule has 4 nitrogen and oxygen atoms in total. The van der Waals surface area contributed by atoms with Gasteiger partial charge in [-0.05, 0) is 44.0 Å². The lowest BCUT2D eigenvalue weighted by molar-refractivity contribution is 0.292. The second-order valence-corrected chi connectivity index (χ2v) is 6.99. The molecule has 0 aliphatic carbocycles. The van der Waals surface area contributed by atoms with Crippen molar-refractivity contribution in [1.82, 2.24) is 9.62 Å². The minimum absolute atomic E-state index is 0.411. The molecule has 1 fully saturated rings. The van der Waals surface area contributed by atoms with E-state index in [1.54, 1.807) is 22.5 Å². The summed E-state index contributed by atoms with van der Waals surface area (Å²) in [5, 5.41) is 3.38. The Bertz CT molecular complexity index is 520. The number of sulfonamides is 1. The molecule has 0 spiro atoms. The van der Waals surface area contributed by atoms with E-state index in [0.717, 1.165) is 24.9 Å². The molecule has 1 aliphatic heterocycles. The highest BCUT2D eigenvalue weighted by atomic mass is 32.2. The first-order valence-electron chi connectivity index (χ1n) is 6.84. The van der Waals surface area contributed by atoms with Gasteiger partial charge in [0.15, 0.2) is 0 Å². The van der Waals surface area contributed by atoms with E-state index in [2.05, 4.69) is 12.2 Å². The Morgan fingerprint density at radius 3 is 2.58 bits per heavy atom. The number of nitrogens with one attached hydrogen (secondary N) is 1.